The summed E-state index contributed by atoms with van der Waals surface area (Å²) in [6.07, 6.45) is 7.38. The van der Waals surface area contributed by atoms with E-state index < -0.39 is 6.10 Å². The molecule has 0 unspecified atom stereocenters. The van der Waals surface area contributed by atoms with Crippen LogP contribution in [0, 0.1) is 0 Å². The number of hydrogen-bond acceptors (Lipinski definition) is 10. The molecular weight excluding hydrogens is 655 g/mol. The third kappa shape index (κ3) is 7.55. The number of ether oxygens (including phenoxy) is 3. The van der Waals surface area contributed by atoms with Crippen molar-refractivity contribution in [1.29, 1.82) is 0 Å². The van der Waals surface area contributed by atoms with Gasteiger partial charge in [0.25, 0.3) is 0 Å². The van der Waals surface area contributed by atoms with Gasteiger partial charge >= 0.3 is 0 Å². The number of hydrogen-bond donors (Lipinski definition) is 3. The maximum Gasteiger partial charge on any atom is 0.237 e. The van der Waals surface area contributed by atoms with Crippen LogP contribution in [0.3, 0.4) is 0 Å². The summed E-state index contributed by atoms with van der Waals surface area (Å²) in [5, 5.41) is 17.5. The molecule has 2 saturated heterocycles. The minimum Gasteiger partial charge on any atom is -0.480 e. The molecule has 4 aromatic rings. The zero-order valence-electron chi connectivity index (χ0n) is 26.8. The van der Waals surface area contributed by atoms with Gasteiger partial charge in [0.05, 0.1) is 60.8 Å². The van der Waals surface area contributed by atoms with Gasteiger partial charge in [0, 0.05) is 53.9 Å². The highest BCUT2D eigenvalue weighted by molar-refractivity contribution is 6.39. The van der Waals surface area contributed by atoms with Gasteiger partial charge in [-0.2, -0.15) is 0 Å². The Hall–Kier alpha value is -3.87. The van der Waals surface area contributed by atoms with E-state index in [1.54, 1.807) is 26.6 Å². The average molecular weight is 694 g/mol. The van der Waals surface area contributed by atoms with E-state index in [-0.39, 0.29) is 18.0 Å². The number of carbonyl (C=O) groups is 1. The fourth-order valence-electron chi connectivity index (χ4n) is 6.15. The number of nitrogens with zero attached hydrogens (tertiary/aromatic N) is 4. The molecule has 48 heavy (non-hydrogen) atoms. The SMILES string of the molecule is COc1nc(-c2cccc(-c3cccc(-c4cnc(CN[C@@H]5CCOC[C@H]5O)c(OC)n4)c3Cl)c2Cl)cnc1CCC[C@@H]1CCC(=O)N1. The summed E-state index contributed by atoms with van der Waals surface area (Å²) in [5.74, 6) is 0.929. The van der Waals surface area contributed by atoms with Gasteiger partial charge in [0.15, 0.2) is 0 Å². The zero-order chi connectivity index (χ0) is 33.6. The molecule has 6 rings (SSSR count). The molecule has 2 aliphatic rings. The Morgan fingerprint density at radius 3 is 2.10 bits per heavy atom. The lowest BCUT2D eigenvalue weighted by molar-refractivity contribution is -0.119. The summed E-state index contributed by atoms with van der Waals surface area (Å²) >= 11 is 14.1. The Balaban J connectivity index is 1.22. The first-order valence-electron chi connectivity index (χ1n) is 16.0. The van der Waals surface area contributed by atoms with Crippen LogP contribution in [0.15, 0.2) is 48.8 Å². The number of aryl methyl sites for hydroxylation is 1. The standard InChI is InChI=1S/C35H38Cl2N6O5/c1-46-34-26(11-3-6-20-12-13-31(45)41-20)39-16-27(42-34)23-9-4-7-21(32(23)36)22-8-5-10-24(33(22)37)28-17-40-29(35(43-28)47-2)18-38-25-14-15-48-19-30(25)44/h4-5,7-10,16-17,20,25,30,38,44H,3,6,11-15,18-19H2,1-2H3,(H,41,45)/t20-,25-,30-/m1/s1. The molecule has 2 fully saturated rings. The Morgan fingerprint density at radius 2 is 1.52 bits per heavy atom. The lowest BCUT2D eigenvalue weighted by Gasteiger charge is -2.28. The van der Waals surface area contributed by atoms with Gasteiger partial charge in [-0.05, 0) is 32.1 Å². The molecule has 3 atom stereocenters. The smallest absolute Gasteiger partial charge is 0.237 e. The first-order chi connectivity index (χ1) is 23.4. The number of benzene rings is 2. The fraction of sp³-hybridized carbons (Fsp3) is 0.400. The number of aliphatic hydroxyl groups excluding tert-OH is 1. The molecule has 2 aromatic heterocycles. The minimum atomic E-state index is -0.582. The van der Waals surface area contributed by atoms with Crippen molar-refractivity contribution in [2.75, 3.05) is 27.4 Å². The molecule has 13 heteroatoms. The first-order valence-corrected chi connectivity index (χ1v) is 16.8. The van der Waals surface area contributed by atoms with Crippen LogP contribution in [0.1, 0.15) is 43.5 Å². The van der Waals surface area contributed by atoms with E-state index in [1.807, 2.05) is 36.4 Å². The summed E-state index contributed by atoms with van der Waals surface area (Å²) in [6, 6.07) is 11.5. The van der Waals surface area contributed by atoms with E-state index in [4.69, 9.17) is 47.4 Å². The number of methoxy groups -OCH3 is 2. The second-order valence-corrected chi connectivity index (χ2v) is 12.6. The Kier molecular flexibility index (Phi) is 11.0. The number of rotatable bonds is 12. The summed E-state index contributed by atoms with van der Waals surface area (Å²) in [7, 11) is 3.13. The zero-order valence-corrected chi connectivity index (χ0v) is 28.4. The van der Waals surface area contributed by atoms with E-state index in [9.17, 15) is 9.90 Å². The third-order valence-corrected chi connectivity index (χ3v) is 9.57. The highest BCUT2D eigenvalue weighted by Gasteiger charge is 2.25. The molecule has 2 aromatic carbocycles. The Morgan fingerprint density at radius 1 is 0.917 bits per heavy atom. The van der Waals surface area contributed by atoms with Gasteiger partial charge < -0.3 is 30.0 Å². The van der Waals surface area contributed by atoms with E-state index in [0.29, 0.717) is 89.0 Å². The summed E-state index contributed by atoms with van der Waals surface area (Å²) < 4.78 is 16.5. The summed E-state index contributed by atoms with van der Waals surface area (Å²) in [5.41, 5.74) is 5.30. The van der Waals surface area contributed by atoms with Crippen LogP contribution in [0.5, 0.6) is 11.8 Å². The first kappa shape index (κ1) is 34.0. The van der Waals surface area contributed by atoms with Gasteiger partial charge in [-0.1, -0.05) is 59.6 Å². The number of aromatic nitrogens is 4. The fourth-order valence-corrected chi connectivity index (χ4v) is 6.80. The van der Waals surface area contributed by atoms with Crippen LogP contribution >= 0.6 is 23.2 Å². The Bertz CT molecular complexity index is 1780. The number of halogens is 2. The van der Waals surface area contributed by atoms with Crippen molar-refractivity contribution in [3.05, 3.63) is 70.2 Å². The molecule has 0 radical (unpaired) electrons. The minimum absolute atomic E-state index is 0.0976. The van der Waals surface area contributed by atoms with Gasteiger partial charge in [-0.3, -0.25) is 14.8 Å². The topological polar surface area (TPSA) is 141 Å². The second-order valence-electron chi connectivity index (χ2n) is 11.9. The number of aliphatic hydroxyl groups is 1. The van der Waals surface area contributed by atoms with E-state index >= 15 is 0 Å². The monoisotopic (exact) mass is 692 g/mol. The molecule has 0 spiro atoms. The van der Waals surface area contributed by atoms with Gasteiger partial charge in [-0.25, -0.2) is 9.97 Å². The van der Waals surface area contributed by atoms with Crippen molar-refractivity contribution in [2.24, 2.45) is 0 Å². The van der Waals surface area contributed by atoms with Crippen molar-refractivity contribution in [2.45, 2.75) is 63.3 Å². The number of amides is 1. The van der Waals surface area contributed by atoms with Crippen LogP contribution in [0.4, 0.5) is 0 Å². The highest BCUT2D eigenvalue weighted by atomic mass is 35.5. The predicted octanol–water partition coefficient (Wildman–Crippen LogP) is 5.43. The molecule has 1 amide bonds. The van der Waals surface area contributed by atoms with Crippen molar-refractivity contribution in [3.8, 4) is 45.4 Å². The van der Waals surface area contributed by atoms with Gasteiger partial charge in [-0.15, -0.1) is 0 Å². The van der Waals surface area contributed by atoms with Crippen LogP contribution < -0.4 is 20.1 Å². The van der Waals surface area contributed by atoms with Crippen LogP contribution in [0.2, 0.25) is 10.0 Å². The van der Waals surface area contributed by atoms with Crippen LogP contribution in [-0.2, 0) is 22.5 Å². The molecule has 0 bridgehead atoms. The van der Waals surface area contributed by atoms with Crippen molar-refractivity contribution in [3.63, 3.8) is 0 Å². The molecule has 252 valence electrons. The molecule has 0 aliphatic carbocycles. The van der Waals surface area contributed by atoms with Crippen molar-refractivity contribution < 1.29 is 24.1 Å². The van der Waals surface area contributed by atoms with Crippen LogP contribution in [-0.4, -0.2) is 76.6 Å². The number of nitrogens with one attached hydrogen (secondary N) is 2. The Labute approximate surface area is 289 Å². The van der Waals surface area contributed by atoms with Gasteiger partial charge in [0.2, 0.25) is 17.7 Å². The highest BCUT2D eigenvalue weighted by Crippen LogP contribution is 2.42. The molecule has 0 saturated carbocycles. The molecular formula is C35H38Cl2N6O5. The lowest BCUT2D eigenvalue weighted by atomic mass is 9.98. The maximum atomic E-state index is 11.5. The molecule has 3 N–H and O–H groups in total. The number of carbonyl (C=O) groups excluding carboxylic acids is 1. The van der Waals surface area contributed by atoms with E-state index in [2.05, 4.69) is 20.6 Å². The lowest BCUT2D eigenvalue weighted by Crippen LogP contribution is -2.46. The predicted molar refractivity (Wildman–Crippen MR) is 183 cm³/mol. The largest absolute Gasteiger partial charge is 0.480 e. The van der Waals surface area contributed by atoms with Crippen molar-refractivity contribution >= 4 is 29.1 Å². The summed E-state index contributed by atoms with van der Waals surface area (Å²) in [6.45, 7) is 1.28. The molecule has 4 heterocycles. The van der Waals surface area contributed by atoms with Crippen LogP contribution in [0.25, 0.3) is 33.6 Å². The second kappa shape index (κ2) is 15.6. The summed E-state index contributed by atoms with van der Waals surface area (Å²) in [4.78, 5) is 30.3. The quantitative estimate of drug-likeness (QED) is 0.176. The molecule has 11 nitrogen and oxygen atoms in total. The molecule has 2 aliphatic heterocycles. The van der Waals surface area contributed by atoms with Gasteiger partial charge in [0.1, 0.15) is 11.4 Å². The van der Waals surface area contributed by atoms with E-state index in [1.165, 1.54) is 0 Å². The average Bonchev–Trinajstić information content (AvgIpc) is 3.53. The third-order valence-electron chi connectivity index (χ3n) is 8.76. The van der Waals surface area contributed by atoms with Crippen molar-refractivity contribution in [1.82, 2.24) is 30.6 Å². The van der Waals surface area contributed by atoms with E-state index in [0.717, 1.165) is 36.1 Å². The normalized spacial score (nSPS) is 19.3. The maximum absolute atomic E-state index is 11.5.